The zero-order valence-electron chi connectivity index (χ0n) is 17.4. The first-order chi connectivity index (χ1) is 11.8. The third-order valence-electron chi connectivity index (χ3n) is 4.91. The van der Waals surface area contributed by atoms with Gasteiger partial charge in [0.25, 0.3) is 0 Å². The van der Waals surface area contributed by atoms with Gasteiger partial charge in [-0.1, -0.05) is 84.7 Å². The molecule has 0 amide bonds. The molecule has 1 nitrogen and oxygen atoms in total. The topological polar surface area (TPSA) is 12.9 Å². The standard InChI is InChI=1S/C24H35N/c1-9-10-20-22(19-13-11-18(8)12-14-19)21(15(2)3)24(17(6)7)25-23(20)16(4)5/h11-17H,9-10H2,1-8H3. The molecule has 0 aliphatic carbocycles. The fourth-order valence-corrected chi connectivity index (χ4v) is 3.73. The van der Waals surface area contributed by atoms with Gasteiger partial charge in [0.2, 0.25) is 0 Å². The molecule has 0 saturated heterocycles. The van der Waals surface area contributed by atoms with Crippen molar-refractivity contribution in [1.29, 1.82) is 0 Å². The molecule has 0 saturated carbocycles. The Labute approximate surface area is 154 Å². The minimum Gasteiger partial charge on any atom is -0.257 e. The first kappa shape index (κ1) is 19.7. The van der Waals surface area contributed by atoms with Crippen molar-refractivity contribution in [2.24, 2.45) is 0 Å². The molecule has 2 aromatic rings. The van der Waals surface area contributed by atoms with Crippen LogP contribution >= 0.6 is 0 Å². The van der Waals surface area contributed by atoms with Gasteiger partial charge in [-0.25, -0.2) is 0 Å². The number of pyridine rings is 1. The Hall–Kier alpha value is -1.63. The van der Waals surface area contributed by atoms with Crippen LogP contribution in [0, 0.1) is 6.92 Å². The minimum absolute atomic E-state index is 0.440. The lowest BCUT2D eigenvalue weighted by Gasteiger charge is -2.26. The summed E-state index contributed by atoms with van der Waals surface area (Å²) in [5.41, 5.74) is 9.62. The summed E-state index contributed by atoms with van der Waals surface area (Å²) in [6, 6.07) is 9.06. The van der Waals surface area contributed by atoms with E-state index in [1.54, 1.807) is 0 Å². The number of rotatable bonds is 6. The van der Waals surface area contributed by atoms with Crippen LogP contribution in [0.5, 0.6) is 0 Å². The SMILES string of the molecule is CCCc1c(C(C)C)nc(C(C)C)c(C(C)C)c1-c1ccc(C)cc1. The second kappa shape index (κ2) is 8.17. The highest BCUT2D eigenvalue weighted by Crippen LogP contribution is 2.40. The fraction of sp³-hybridized carbons (Fsp3) is 0.542. The zero-order chi connectivity index (χ0) is 18.7. The van der Waals surface area contributed by atoms with E-state index in [0.717, 1.165) is 12.8 Å². The maximum Gasteiger partial charge on any atom is 0.0473 e. The highest BCUT2D eigenvalue weighted by molar-refractivity contribution is 5.74. The summed E-state index contributed by atoms with van der Waals surface area (Å²) in [5.74, 6) is 1.36. The van der Waals surface area contributed by atoms with Gasteiger partial charge in [0.05, 0.1) is 0 Å². The van der Waals surface area contributed by atoms with E-state index in [-0.39, 0.29) is 0 Å². The van der Waals surface area contributed by atoms with Crippen LogP contribution in [0.15, 0.2) is 24.3 Å². The molecule has 0 N–H and O–H groups in total. The Morgan fingerprint density at radius 3 is 1.80 bits per heavy atom. The quantitative estimate of drug-likeness (QED) is 0.536. The molecule has 1 heteroatoms. The maximum absolute atomic E-state index is 5.22. The summed E-state index contributed by atoms with van der Waals surface area (Å²) in [6.45, 7) is 18.2. The van der Waals surface area contributed by atoms with Crippen molar-refractivity contribution in [2.75, 3.05) is 0 Å². The molecular weight excluding hydrogens is 302 g/mol. The van der Waals surface area contributed by atoms with E-state index in [9.17, 15) is 0 Å². The van der Waals surface area contributed by atoms with Crippen molar-refractivity contribution >= 4 is 0 Å². The van der Waals surface area contributed by atoms with Gasteiger partial charge in [-0.2, -0.15) is 0 Å². The predicted molar refractivity (Wildman–Crippen MR) is 111 cm³/mol. The molecule has 1 aromatic heterocycles. The van der Waals surface area contributed by atoms with Gasteiger partial charge >= 0.3 is 0 Å². The number of nitrogens with zero attached hydrogens (tertiary/aromatic N) is 1. The number of aromatic nitrogens is 1. The Bertz CT molecular complexity index is 706. The second-order valence-corrected chi connectivity index (χ2v) is 8.23. The minimum atomic E-state index is 0.440. The lowest BCUT2D eigenvalue weighted by Crippen LogP contribution is -2.13. The van der Waals surface area contributed by atoms with Gasteiger partial charge in [0.15, 0.2) is 0 Å². The number of hydrogen-bond donors (Lipinski definition) is 0. The Morgan fingerprint density at radius 1 is 0.800 bits per heavy atom. The van der Waals surface area contributed by atoms with Gasteiger partial charge in [0, 0.05) is 11.4 Å². The van der Waals surface area contributed by atoms with E-state index < -0.39 is 0 Å². The molecule has 0 unspecified atom stereocenters. The molecule has 1 heterocycles. The van der Waals surface area contributed by atoms with E-state index in [4.69, 9.17) is 4.98 Å². The van der Waals surface area contributed by atoms with Gasteiger partial charge in [-0.15, -0.1) is 0 Å². The first-order valence-electron chi connectivity index (χ1n) is 9.91. The molecule has 0 atom stereocenters. The molecule has 0 radical (unpaired) electrons. The average Bonchev–Trinajstić information content (AvgIpc) is 2.54. The summed E-state index contributed by atoms with van der Waals surface area (Å²) in [4.78, 5) is 5.22. The van der Waals surface area contributed by atoms with Gasteiger partial charge < -0.3 is 0 Å². The second-order valence-electron chi connectivity index (χ2n) is 8.23. The molecule has 0 aliphatic rings. The van der Waals surface area contributed by atoms with Crippen LogP contribution in [-0.4, -0.2) is 4.98 Å². The molecule has 0 spiro atoms. The summed E-state index contributed by atoms with van der Waals surface area (Å²) >= 11 is 0. The van der Waals surface area contributed by atoms with Crippen molar-refractivity contribution in [1.82, 2.24) is 4.98 Å². The summed E-state index contributed by atoms with van der Waals surface area (Å²) in [7, 11) is 0. The van der Waals surface area contributed by atoms with Crippen molar-refractivity contribution in [2.45, 2.75) is 86.0 Å². The van der Waals surface area contributed by atoms with E-state index in [2.05, 4.69) is 79.7 Å². The molecule has 0 aliphatic heterocycles. The van der Waals surface area contributed by atoms with E-state index >= 15 is 0 Å². The molecule has 2 rings (SSSR count). The lowest BCUT2D eigenvalue weighted by atomic mass is 9.81. The van der Waals surface area contributed by atoms with E-state index in [1.165, 1.54) is 39.2 Å². The normalized spacial score (nSPS) is 11.8. The molecular formula is C24H35N. The van der Waals surface area contributed by atoms with E-state index in [1.807, 2.05) is 0 Å². The van der Waals surface area contributed by atoms with Gasteiger partial charge in [0.1, 0.15) is 0 Å². The fourth-order valence-electron chi connectivity index (χ4n) is 3.73. The lowest BCUT2D eigenvalue weighted by molar-refractivity contribution is 0.710. The summed E-state index contributed by atoms with van der Waals surface area (Å²) in [5, 5.41) is 0. The Balaban J connectivity index is 2.93. The number of benzene rings is 1. The largest absolute Gasteiger partial charge is 0.257 e. The number of aryl methyl sites for hydroxylation is 1. The highest BCUT2D eigenvalue weighted by Gasteiger charge is 2.24. The first-order valence-corrected chi connectivity index (χ1v) is 9.91. The van der Waals surface area contributed by atoms with Crippen LogP contribution < -0.4 is 0 Å². The molecule has 136 valence electrons. The van der Waals surface area contributed by atoms with Crippen LogP contribution in [0.4, 0.5) is 0 Å². The van der Waals surface area contributed by atoms with Crippen LogP contribution in [-0.2, 0) is 6.42 Å². The van der Waals surface area contributed by atoms with Gasteiger partial charge in [-0.05, 0) is 53.4 Å². The van der Waals surface area contributed by atoms with Crippen molar-refractivity contribution in [3.05, 3.63) is 52.3 Å². The van der Waals surface area contributed by atoms with Crippen LogP contribution in [0.25, 0.3) is 11.1 Å². The van der Waals surface area contributed by atoms with Crippen LogP contribution in [0.2, 0.25) is 0 Å². The third-order valence-corrected chi connectivity index (χ3v) is 4.91. The van der Waals surface area contributed by atoms with Crippen LogP contribution in [0.1, 0.15) is 101 Å². The summed E-state index contributed by atoms with van der Waals surface area (Å²) < 4.78 is 0. The molecule has 1 aromatic carbocycles. The highest BCUT2D eigenvalue weighted by atomic mass is 14.7. The van der Waals surface area contributed by atoms with Crippen molar-refractivity contribution in [3.8, 4) is 11.1 Å². The third kappa shape index (κ3) is 4.14. The summed E-state index contributed by atoms with van der Waals surface area (Å²) in [6.07, 6.45) is 2.25. The maximum atomic E-state index is 5.22. The van der Waals surface area contributed by atoms with Gasteiger partial charge in [-0.3, -0.25) is 4.98 Å². The smallest absolute Gasteiger partial charge is 0.0473 e. The van der Waals surface area contributed by atoms with Crippen LogP contribution in [0.3, 0.4) is 0 Å². The number of hydrogen-bond acceptors (Lipinski definition) is 1. The molecule has 25 heavy (non-hydrogen) atoms. The van der Waals surface area contributed by atoms with Crippen molar-refractivity contribution < 1.29 is 0 Å². The average molecular weight is 338 g/mol. The predicted octanol–water partition coefficient (Wildman–Crippen LogP) is 7.38. The molecule has 0 fully saturated rings. The monoisotopic (exact) mass is 337 g/mol. The molecule has 0 bridgehead atoms. The Kier molecular flexibility index (Phi) is 6.43. The van der Waals surface area contributed by atoms with E-state index in [0.29, 0.717) is 17.8 Å². The van der Waals surface area contributed by atoms with Crippen molar-refractivity contribution in [3.63, 3.8) is 0 Å². The zero-order valence-corrected chi connectivity index (χ0v) is 17.4. The Morgan fingerprint density at radius 2 is 1.36 bits per heavy atom.